The van der Waals surface area contributed by atoms with Gasteiger partial charge in [-0.3, -0.25) is 9.59 Å². The molecule has 3 rings (SSSR count). The highest BCUT2D eigenvalue weighted by Gasteiger charge is 2.44. The Kier molecular flexibility index (Phi) is 7.69. The van der Waals surface area contributed by atoms with Gasteiger partial charge in [-0.1, -0.05) is 26.0 Å². The predicted molar refractivity (Wildman–Crippen MR) is 125 cm³/mol. The van der Waals surface area contributed by atoms with E-state index in [4.69, 9.17) is 4.74 Å². The molecule has 0 unspecified atom stereocenters. The number of Topliss-reactive ketones (excluding diaryl/α,β-unsaturated/α-hetero) is 1. The Hall–Kier alpha value is -2.71. The zero-order valence-corrected chi connectivity index (χ0v) is 20.2. The Morgan fingerprint density at radius 2 is 2.00 bits per heavy atom. The molecular formula is C24H31N3O4S. The number of rotatable bonds is 10. The van der Waals surface area contributed by atoms with Gasteiger partial charge < -0.3 is 19.6 Å². The Labute approximate surface area is 193 Å². The van der Waals surface area contributed by atoms with Gasteiger partial charge in [0.15, 0.2) is 5.76 Å². The molecular weight excluding hydrogens is 426 g/mol. The van der Waals surface area contributed by atoms with Crippen LogP contribution in [0.25, 0.3) is 0 Å². The summed E-state index contributed by atoms with van der Waals surface area (Å²) in [6.45, 7) is 10.9. The molecule has 0 fully saturated rings. The second kappa shape index (κ2) is 10.3. The second-order valence-corrected chi connectivity index (χ2v) is 9.00. The minimum Gasteiger partial charge on any atom is -0.503 e. The third-order valence-corrected chi connectivity index (χ3v) is 6.91. The van der Waals surface area contributed by atoms with Crippen LogP contribution in [-0.2, 0) is 4.79 Å². The summed E-state index contributed by atoms with van der Waals surface area (Å²) in [5, 5.41) is 11.6. The number of aliphatic hydroxyl groups is 1. The van der Waals surface area contributed by atoms with Crippen LogP contribution in [0.5, 0.6) is 5.75 Å². The van der Waals surface area contributed by atoms with Crippen molar-refractivity contribution in [2.45, 2.75) is 40.2 Å². The molecule has 1 aromatic heterocycles. The largest absolute Gasteiger partial charge is 0.503 e. The van der Waals surface area contributed by atoms with Crippen LogP contribution in [0.4, 0.5) is 0 Å². The Morgan fingerprint density at radius 1 is 1.28 bits per heavy atom. The maximum atomic E-state index is 13.5. The molecule has 2 aromatic rings. The van der Waals surface area contributed by atoms with E-state index in [1.54, 1.807) is 18.9 Å². The standard InChI is InChI=1S/C24H31N3O4S/c1-6-26(7-2)12-9-13-27-20(17-10-8-11-18(14-17)31-5)19(22(29)24(27)30)21(28)23-15(3)25-16(4)32-23/h8,10-11,14,20,29H,6-7,9,12-13H2,1-5H3/t20-/m0/s1. The van der Waals surface area contributed by atoms with Gasteiger partial charge in [0.1, 0.15) is 5.75 Å². The maximum absolute atomic E-state index is 13.5. The van der Waals surface area contributed by atoms with E-state index in [-0.39, 0.29) is 11.4 Å². The van der Waals surface area contributed by atoms with E-state index in [9.17, 15) is 14.7 Å². The van der Waals surface area contributed by atoms with Gasteiger partial charge in [-0.15, -0.1) is 11.3 Å². The quantitative estimate of drug-likeness (QED) is 0.542. The van der Waals surface area contributed by atoms with Crippen molar-refractivity contribution in [3.8, 4) is 5.75 Å². The SMILES string of the molecule is CCN(CC)CCCN1C(=O)C(O)=C(C(=O)c2sc(C)nc2C)[C@@H]1c1cccc(OC)c1. The van der Waals surface area contributed by atoms with E-state index in [0.29, 0.717) is 22.9 Å². The number of hydrogen-bond acceptors (Lipinski definition) is 7. The fourth-order valence-electron chi connectivity index (χ4n) is 4.14. The molecule has 0 aliphatic carbocycles. The van der Waals surface area contributed by atoms with Crippen LogP contribution in [0, 0.1) is 13.8 Å². The molecule has 1 aliphatic rings. The lowest BCUT2D eigenvalue weighted by Gasteiger charge is -2.28. The van der Waals surface area contributed by atoms with Gasteiger partial charge in [-0.05, 0) is 57.6 Å². The van der Waals surface area contributed by atoms with Gasteiger partial charge in [0, 0.05) is 6.54 Å². The fourth-order valence-corrected chi connectivity index (χ4v) is 5.02. The number of aliphatic hydroxyl groups excluding tert-OH is 1. The number of ether oxygens (including phenoxy) is 1. The lowest BCUT2D eigenvalue weighted by atomic mass is 9.95. The molecule has 0 saturated heterocycles. The number of carbonyl (C=O) groups excluding carboxylic acids is 2. The molecule has 1 atom stereocenters. The zero-order valence-electron chi connectivity index (χ0n) is 19.3. The predicted octanol–water partition coefficient (Wildman–Crippen LogP) is 4.08. The molecule has 32 heavy (non-hydrogen) atoms. The Balaban J connectivity index is 2.00. The molecule has 1 aromatic carbocycles. The van der Waals surface area contributed by atoms with Crippen LogP contribution >= 0.6 is 11.3 Å². The van der Waals surface area contributed by atoms with E-state index >= 15 is 0 Å². The van der Waals surface area contributed by atoms with Crippen LogP contribution in [0.1, 0.15) is 52.2 Å². The molecule has 8 heteroatoms. The lowest BCUT2D eigenvalue weighted by Crippen LogP contribution is -2.34. The first-order valence-electron chi connectivity index (χ1n) is 10.9. The topological polar surface area (TPSA) is 83.0 Å². The molecule has 0 saturated carbocycles. The Bertz CT molecular complexity index is 1030. The first kappa shape index (κ1) is 23.9. The van der Waals surface area contributed by atoms with Gasteiger partial charge in [-0.2, -0.15) is 0 Å². The number of aryl methyl sites for hydroxylation is 2. The lowest BCUT2D eigenvalue weighted by molar-refractivity contribution is -0.129. The summed E-state index contributed by atoms with van der Waals surface area (Å²) in [6.07, 6.45) is 0.737. The van der Waals surface area contributed by atoms with E-state index in [1.807, 2.05) is 31.2 Å². The van der Waals surface area contributed by atoms with Gasteiger partial charge >= 0.3 is 0 Å². The van der Waals surface area contributed by atoms with Crippen molar-refractivity contribution in [3.05, 3.63) is 56.7 Å². The van der Waals surface area contributed by atoms with Gasteiger partial charge in [0.2, 0.25) is 5.78 Å². The molecule has 172 valence electrons. The molecule has 1 amide bonds. The number of carbonyl (C=O) groups is 2. The average Bonchev–Trinajstić information content (AvgIpc) is 3.26. The molecule has 0 bridgehead atoms. The number of methoxy groups -OCH3 is 1. The van der Waals surface area contributed by atoms with E-state index in [1.165, 1.54) is 11.3 Å². The van der Waals surface area contributed by atoms with Gasteiger partial charge in [0.25, 0.3) is 5.91 Å². The van der Waals surface area contributed by atoms with Crippen LogP contribution in [0.15, 0.2) is 35.6 Å². The van der Waals surface area contributed by atoms with Crippen molar-refractivity contribution >= 4 is 23.0 Å². The Morgan fingerprint density at radius 3 is 2.59 bits per heavy atom. The number of amides is 1. The number of benzene rings is 1. The second-order valence-electron chi connectivity index (χ2n) is 7.80. The number of hydrogen-bond donors (Lipinski definition) is 1. The van der Waals surface area contributed by atoms with Crippen LogP contribution < -0.4 is 4.74 Å². The smallest absolute Gasteiger partial charge is 0.290 e. The van der Waals surface area contributed by atoms with E-state index in [2.05, 4.69) is 23.7 Å². The van der Waals surface area contributed by atoms with E-state index < -0.39 is 17.7 Å². The molecule has 7 nitrogen and oxygen atoms in total. The molecule has 0 radical (unpaired) electrons. The van der Waals surface area contributed by atoms with Gasteiger partial charge in [-0.25, -0.2) is 4.98 Å². The van der Waals surface area contributed by atoms with Gasteiger partial charge in [0.05, 0.1) is 34.3 Å². The highest BCUT2D eigenvalue weighted by molar-refractivity contribution is 7.14. The number of nitrogens with zero attached hydrogens (tertiary/aromatic N) is 3. The monoisotopic (exact) mass is 457 g/mol. The zero-order chi connectivity index (χ0) is 23.4. The van der Waals surface area contributed by atoms with Crippen molar-refractivity contribution in [2.75, 3.05) is 33.3 Å². The summed E-state index contributed by atoms with van der Waals surface area (Å²) in [4.78, 5) is 35.3. The number of aromatic nitrogens is 1. The maximum Gasteiger partial charge on any atom is 0.290 e. The molecule has 2 heterocycles. The average molecular weight is 458 g/mol. The summed E-state index contributed by atoms with van der Waals surface area (Å²) in [6, 6.07) is 6.63. The van der Waals surface area contributed by atoms with Crippen molar-refractivity contribution in [1.29, 1.82) is 0 Å². The van der Waals surface area contributed by atoms with Crippen LogP contribution in [0.2, 0.25) is 0 Å². The third-order valence-electron chi connectivity index (χ3n) is 5.84. The highest BCUT2D eigenvalue weighted by Crippen LogP contribution is 2.41. The van der Waals surface area contributed by atoms with Crippen LogP contribution in [0.3, 0.4) is 0 Å². The van der Waals surface area contributed by atoms with Crippen molar-refractivity contribution < 1.29 is 19.4 Å². The highest BCUT2D eigenvalue weighted by atomic mass is 32.1. The first-order chi connectivity index (χ1) is 15.3. The van der Waals surface area contributed by atoms with E-state index in [0.717, 1.165) is 36.6 Å². The first-order valence-corrected chi connectivity index (χ1v) is 11.7. The normalized spacial score (nSPS) is 16.4. The number of thiazole rings is 1. The minimum atomic E-state index is -0.677. The van der Waals surface area contributed by atoms with Crippen LogP contribution in [-0.4, -0.2) is 64.9 Å². The van der Waals surface area contributed by atoms with Crippen molar-refractivity contribution in [2.24, 2.45) is 0 Å². The minimum absolute atomic E-state index is 0.109. The summed E-state index contributed by atoms with van der Waals surface area (Å²) < 4.78 is 5.37. The fraction of sp³-hybridized carbons (Fsp3) is 0.458. The van der Waals surface area contributed by atoms with Crippen molar-refractivity contribution in [3.63, 3.8) is 0 Å². The third kappa shape index (κ3) is 4.71. The summed E-state index contributed by atoms with van der Waals surface area (Å²) in [7, 11) is 1.57. The summed E-state index contributed by atoms with van der Waals surface area (Å²) in [5.41, 5.74) is 1.44. The molecule has 1 aliphatic heterocycles. The van der Waals surface area contributed by atoms with Crippen molar-refractivity contribution in [1.82, 2.24) is 14.8 Å². The summed E-state index contributed by atoms with van der Waals surface area (Å²) >= 11 is 1.28. The molecule has 0 spiro atoms. The number of ketones is 1. The molecule has 1 N–H and O–H groups in total. The summed E-state index contributed by atoms with van der Waals surface area (Å²) in [5.74, 6) is -0.713.